The van der Waals surface area contributed by atoms with Crippen molar-refractivity contribution in [3.05, 3.63) is 181 Å². The lowest BCUT2D eigenvalue weighted by Gasteiger charge is -2.23. The van der Waals surface area contributed by atoms with Crippen LogP contribution in [-0.2, 0) is 0 Å². The first-order chi connectivity index (χ1) is 34.2. The van der Waals surface area contributed by atoms with Gasteiger partial charge in [0.15, 0.2) is 17.5 Å². The number of thiophene rings is 1. The Hall–Kier alpha value is -8.38. The van der Waals surface area contributed by atoms with E-state index in [0.29, 0.717) is 40.0 Å². The van der Waals surface area contributed by atoms with Gasteiger partial charge in [-0.25, -0.2) is 15.0 Å². The summed E-state index contributed by atoms with van der Waals surface area (Å²) in [6.07, 6.45) is 0. The lowest BCUT2D eigenvalue weighted by Crippen LogP contribution is -2.56. The molecule has 0 bridgehead atoms. The molecule has 0 aliphatic heterocycles. The summed E-state index contributed by atoms with van der Waals surface area (Å²) >= 11 is 1.76. The molecule has 6 nitrogen and oxygen atoms in total. The van der Waals surface area contributed by atoms with Gasteiger partial charge in [0.1, 0.15) is 45.3 Å². The summed E-state index contributed by atoms with van der Waals surface area (Å²) in [4.78, 5) is 15.4. The van der Waals surface area contributed by atoms with Gasteiger partial charge in [-0.05, 0) is 71.8 Å². The summed E-state index contributed by atoms with van der Waals surface area (Å²) in [6, 6.07) is 62.2. The van der Waals surface area contributed by atoms with Gasteiger partial charge in [-0.1, -0.05) is 126 Å². The zero-order chi connectivity index (χ0) is 47.4. The maximum Gasteiger partial charge on any atom is 0.164 e. The Morgan fingerprint density at radius 3 is 1.64 bits per heavy atom. The normalized spacial score (nSPS) is 11.7. The van der Waals surface area contributed by atoms with Crippen LogP contribution in [0.15, 0.2) is 176 Å². The van der Waals surface area contributed by atoms with Gasteiger partial charge >= 0.3 is 0 Å². The average Bonchev–Trinajstić information content (AvgIpc) is 4.07. The molecular weight excluding hydrogens is 867 g/mol. The van der Waals surface area contributed by atoms with E-state index >= 15 is 0 Å². The first-order valence-electron chi connectivity index (χ1n) is 22.6. The molecule has 0 aliphatic rings. The Labute approximate surface area is 413 Å². The van der Waals surface area contributed by atoms with Gasteiger partial charge in [-0.15, -0.1) is 27.7 Å². The van der Waals surface area contributed by atoms with Crippen molar-refractivity contribution >= 4 is 142 Å². The second-order valence-electron chi connectivity index (χ2n) is 17.4. The van der Waals surface area contributed by atoms with Crippen molar-refractivity contribution in [2.24, 2.45) is 0 Å². The third-order valence-electron chi connectivity index (χ3n) is 13.5. The van der Waals surface area contributed by atoms with Crippen LogP contribution in [0.1, 0.15) is 5.56 Å². The minimum atomic E-state index is 0.144. The maximum atomic E-state index is 11.2. The molecule has 0 saturated carbocycles. The second-order valence-corrected chi connectivity index (χ2v) is 18.5. The largest absolute Gasteiger partial charge is 0.310 e. The van der Waals surface area contributed by atoms with Crippen molar-refractivity contribution in [1.29, 1.82) is 5.26 Å². The van der Waals surface area contributed by atoms with Gasteiger partial charge < -0.3 is 9.13 Å². The number of nitriles is 1. The van der Waals surface area contributed by atoms with E-state index in [0.717, 1.165) is 71.3 Å². The van der Waals surface area contributed by atoms with Crippen LogP contribution >= 0.6 is 11.3 Å². The quantitative estimate of drug-likeness (QED) is 0.157. The Morgan fingerprint density at radius 2 is 0.929 bits per heavy atom. The molecule has 4 heterocycles. The van der Waals surface area contributed by atoms with Gasteiger partial charge in [0.05, 0.1) is 33.3 Å². The van der Waals surface area contributed by atoms with Gasteiger partial charge in [0.25, 0.3) is 0 Å². The van der Waals surface area contributed by atoms with Crippen molar-refractivity contribution in [1.82, 2.24) is 24.1 Å². The highest BCUT2D eigenvalue weighted by molar-refractivity contribution is 7.25. The average molecular weight is 896 g/mol. The molecule has 13 aromatic rings. The fourth-order valence-corrected chi connectivity index (χ4v) is 11.2. The Kier molecular flexibility index (Phi) is 9.62. The van der Waals surface area contributed by atoms with Crippen LogP contribution < -0.4 is 27.3 Å². The SMILES string of the molecule is [B]c1c([B])c([B])c(-n2c3ccccc3c3c2ccc2c4ccccc4n(-c4ccc(-c5nc(-c6ccc(-c7ccccc7)cc6)nc(-c6ccc7sc8ccccc8c7c6)n5)cc4C#N)c23)c([B])c1[B]. The van der Waals surface area contributed by atoms with Gasteiger partial charge in [0.2, 0.25) is 0 Å². The van der Waals surface area contributed by atoms with Crippen LogP contribution in [-0.4, -0.2) is 63.3 Å². The molecule has 0 fully saturated rings. The fourth-order valence-electron chi connectivity index (χ4n) is 10.1. The van der Waals surface area contributed by atoms with Crippen LogP contribution in [0.2, 0.25) is 0 Å². The van der Waals surface area contributed by atoms with Crippen molar-refractivity contribution in [3.8, 4) is 62.7 Å². The van der Waals surface area contributed by atoms with Crippen LogP contribution in [0.5, 0.6) is 0 Å². The van der Waals surface area contributed by atoms with Crippen LogP contribution in [0.25, 0.3) is 120 Å². The minimum Gasteiger partial charge on any atom is -0.310 e. The molecule has 70 heavy (non-hydrogen) atoms. The lowest BCUT2D eigenvalue weighted by molar-refractivity contribution is 1.07. The van der Waals surface area contributed by atoms with Gasteiger partial charge in [0, 0.05) is 64.1 Å². The smallest absolute Gasteiger partial charge is 0.164 e. The summed E-state index contributed by atoms with van der Waals surface area (Å²) in [7, 11) is 32.7. The Balaban J connectivity index is 1.02. The molecule has 10 radical (unpaired) electrons. The predicted octanol–water partition coefficient (Wildman–Crippen LogP) is 8.94. The molecule has 4 aromatic heterocycles. The number of nitrogens with zero attached hydrogens (tertiary/aromatic N) is 6. The zero-order valence-electron chi connectivity index (χ0n) is 37.2. The van der Waals surface area contributed by atoms with Crippen LogP contribution in [0.3, 0.4) is 0 Å². The molecule has 0 unspecified atom stereocenters. The number of hydrogen-bond donors (Lipinski definition) is 0. The van der Waals surface area contributed by atoms with E-state index in [1.165, 1.54) is 14.8 Å². The monoisotopic (exact) mass is 896 g/mol. The molecule has 0 aliphatic carbocycles. The van der Waals surface area contributed by atoms with Crippen molar-refractivity contribution in [3.63, 3.8) is 0 Å². The highest BCUT2D eigenvalue weighted by Crippen LogP contribution is 2.43. The highest BCUT2D eigenvalue weighted by atomic mass is 32.1. The minimum absolute atomic E-state index is 0.144. The molecule has 312 valence electrons. The first-order valence-corrected chi connectivity index (χ1v) is 23.4. The molecule has 0 spiro atoms. The molecule has 0 saturated heterocycles. The summed E-state index contributed by atoms with van der Waals surface area (Å²) in [5, 5.41) is 17.4. The van der Waals surface area contributed by atoms with Crippen molar-refractivity contribution in [2.75, 3.05) is 0 Å². The molecule has 0 atom stereocenters. The third-order valence-corrected chi connectivity index (χ3v) is 14.7. The van der Waals surface area contributed by atoms with Crippen LogP contribution in [0.4, 0.5) is 0 Å². The third kappa shape index (κ3) is 6.35. The lowest BCUT2D eigenvalue weighted by atomic mass is 9.61. The van der Waals surface area contributed by atoms with Crippen molar-refractivity contribution < 1.29 is 0 Å². The number of fused-ring (bicyclic) bond motifs is 10. The second kappa shape index (κ2) is 16.1. The van der Waals surface area contributed by atoms with E-state index in [1.54, 1.807) is 11.3 Å². The Bertz CT molecular complexity index is 4350. The molecule has 9 aromatic carbocycles. The number of hydrogen-bond acceptors (Lipinski definition) is 5. The molecule has 0 amide bonds. The zero-order valence-corrected chi connectivity index (χ0v) is 38.0. The molecule has 12 heteroatoms. The van der Waals surface area contributed by atoms with E-state index in [2.05, 4.69) is 108 Å². The van der Waals surface area contributed by atoms with E-state index in [9.17, 15) is 5.26 Å². The van der Waals surface area contributed by atoms with Gasteiger partial charge in [-0.2, -0.15) is 5.26 Å². The number of rotatable bonds is 6. The Morgan fingerprint density at radius 1 is 0.400 bits per heavy atom. The van der Waals surface area contributed by atoms with E-state index < -0.39 is 0 Å². The number of aromatic nitrogens is 5. The predicted molar refractivity (Wildman–Crippen MR) is 295 cm³/mol. The number of benzene rings is 9. The molecule has 13 rings (SSSR count). The topological polar surface area (TPSA) is 72.3 Å². The first kappa shape index (κ1) is 41.8. The standard InChI is InChI=1S/C58H29B5N6S/c59-49-50(60)52(62)55(53(63)51(49)61)69-44-16-8-5-14-40(44)48-45(69)26-24-39-37-12-4-7-15-43(37)68(54(39)48)42-25-22-34(28-36(42)30-64)57-65-56(33-20-18-32(19-21-33)31-10-2-1-3-11-31)66-58(67-57)35-23-27-47-41(29-35)38-13-6-9-17-46(38)70-47/h1-29H. The number of para-hydroxylation sites is 2. The van der Waals surface area contributed by atoms with E-state index in [-0.39, 0.29) is 27.3 Å². The summed E-state index contributed by atoms with van der Waals surface area (Å²) in [6.45, 7) is 0. The van der Waals surface area contributed by atoms with E-state index in [4.69, 9.17) is 54.2 Å². The molecular formula is C58H29B5N6S. The van der Waals surface area contributed by atoms with Gasteiger partial charge in [-0.3, -0.25) is 0 Å². The highest BCUT2D eigenvalue weighted by Gasteiger charge is 2.24. The van der Waals surface area contributed by atoms with Crippen molar-refractivity contribution in [2.45, 2.75) is 0 Å². The van der Waals surface area contributed by atoms with Crippen LogP contribution in [0, 0.1) is 11.3 Å². The summed E-state index contributed by atoms with van der Waals surface area (Å²) in [5.74, 6) is 1.49. The molecule has 0 N–H and O–H groups in total. The summed E-state index contributed by atoms with van der Waals surface area (Å²) in [5.41, 5.74) is 10.5. The van der Waals surface area contributed by atoms with E-state index in [1.807, 2.05) is 83.4 Å². The summed E-state index contributed by atoms with van der Waals surface area (Å²) < 4.78 is 6.57. The fraction of sp³-hybridized carbons (Fsp3) is 0. The maximum absolute atomic E-state index is 11.2.